The van der Waals surface area contributed by atoms with E-state index in [1.54, 1.807) is 0 Å². The zero-order chi connectivity index (χ0) is 15.0. The molecule has 110 valence electrons. The van der Waals surface area contributed by atoms with Crippen LogP contribution in [0.25, 0.3) is 0 Å². The Hall–Kier alpha value is -1.67. The van der Waals surface area contributed by atoms with Crippen LogP contribution in [0, 0.1) is 6.92 Å². The third-order valence-corrected chi connectivity index (χ3v) is 4.17. The summed E-state index contributed by atoms with van der Waals surface area (Å²) in [7, 11) is 0. The van der Waals surface area contributed by atoms with Crippen molar-refractivity contribution in [2.24, 2.45) is 0 Å². The van der Waals surface area contributed by atoms with Crippen molar-refractivity contribution in [3.8, 4) is 5.75 Å². The molecule has 2 aromatic rings. The molecule has 1 aliphatic rings. The van der Waals surface area contributed by atoms with Crippen LogP contribution in [0.2, 0.25) is 5.02 Å². The van der Waals surface area contributed by atoms with Gasteiger partial charge < -0.3 is 10.1 Å². The number of benzene rings is 2. The summed E-state index contributed by atoms with van der Waals surface area (Å²) < 4.78 is 6.18. The zero-order valence-corrected chi connectivity index (χ0v) is 13.4. The number of hydrogen-bond acceptors (Lipinski definition) is 2. The first-order valence-corrected chi connectivity index (χ1v) is 7.73. The minimum atomic E-state index is 0.0404. The lowest BCUT2D eigenvalue weighted by atomic mass is 9.99. The molecule has 0 saturated heterocycles. The van der Waals surface area contributed by atoms with Gasteiger partial charge in [0.25, 0.3) is 0 Å². The second-order valence-electron chi connectivity index (χ2n) is 5.91. The van der Waals surface area contributed by atoms with E-state index >= 15 is 0 Å². The smallest absolute Gasteiger partial charge is 0.146 e. The first kappa shape index (κ1) is 14.3. The van der Waals surface area contributed by atoms with Gasteiger partial charge in [-0.3, -0.25) is 0 Å². The van der Waals surface area contributed by atoms with Gasteiger partial charge in [0.2, 0.25) is 0 Å². The van der Waals surface area contributed by atoms with Crippen LogP contribution >= 0.6 is 11.6 Å². The number of halogens is 1. The highest BCUT2D eigenvalue weighted by Gasteiger charge is 2.22. The summed E-state index contributed by atoms with van der Waals surface area (Å²) >= 11 is 6.09. The maximum absolute atomic E-state index is 6.18. The average Bonchev–Trinajstić information content (AvgIpc) is 2.47. The van der Waals surface area contributed by atoms with Crippen LogP contribution in [0.15, 0.2) is 36.4 Å². The van der Waals surface area contributed by atoms with Crippen molar-refractivity contribution in [1.29, 1.82) is 0 Å². The number of nitrogens with one attached hydrogen (secondary N) is 1. The van der Waals surface area contributed by atoms with E-state index in [0.29, 0.717) is 5.92 Å². The Morgan fingerprint density at radius 1 is 1.19 bits per heavy atom. The van der Waals surface area contributed by atoms with Crippen molar-refractivity contribution < 1.29 is 4.74 Å². The molecule has 0 amide bonds. The summed E-state index contributed by atoms with van der Waals surface area (Å²) in [5, 5.41) is 4.16. The largest absolute Gasteiger partial charge is 0.481 e. The maximum atomic E-state index is 6.18. The van der Waals surface area contributed by atoms with Gasteiger partial charge in [-0.15, -0.1) is 0 Å². The molecule has 2 nitrogen and oxygen atoms in total. The molecule has 1 aliphatic heterocycles. The van der Waals surface area contributed by atoms with E-state index in [1.807, 2.05) is 19.1 Å². The number of anilines is 1. The first-order chi connectivity index (χ1) is 10.0. The molecule has 0 radical (unpaired) electrons. The van der Waals surface area contributed by atoms with Crippen LogP contribution in [0.1, 0.15) is 42.6 Å². The maximum Gasteiger partial charge on any atom is 0.146 e. The summed E-state index contributed by atoms with van der Waals surface area (Å²) in [6.45, 7) is 7.19. The van der Waals surface area contributed by atoms with E-state index in [-0.39, 0.29) is 6.10 Å². The van der Waals surface area contributed by atoms with Crippen LogP contribution in [0.5, 0.6) is 5.75 Å². The van der Waals surface area contributed by atoms with Gasteiger partial charge in [-0.1, -0.05) is 49.7 Å². The summed E-state index contributed by atoms with van der Waals surface area (Å²) in [4.78, 5) is 0. The van der Waals surface area contributed by atoms with Crippen molar-refractivity contribution in [3.63, 3.8) is 0 Å². The molecule has 0 spiro atoms. The minimum Gasteiger partial charge on any atom is -0.481 e. The highest BCUT2D eigenvalue weighted by molar-refractivity contribution is 6.31. The molecular weight excluding hydrogens is 282 g/mol. The fourth-order valence-corrected chi connectivity index (χ4v) is 2.96. The molecule has 1 N–H and O–H groups in total. The highest BCUT2D eigenvalue weighted by Crippen LogP contribution is 2.39. The fraction of sp³-hybridized carbons (Fsp3) is 0.333. The van der Waals surface area contributed by atoms with Gasteiger partial charge in [-0.2, -0.15) is 0 Å². The average molecular weight is 302 g/mol. The summed E-state index contributed by atoms with van der Waals surface area (Å²) in [5.74, 6) is 1.46. The van der Waals surface area contributed by atoms with Gasteiger partial charge in [0.05, 0.1) is 12.2 Å². The van der Waals surface area contributed by atoms with Crippen molar-refractivity contribution in [1.82, 2.24) is 0 Å². The predicted octanol–water partition coefficient (Wildman–Crippen LogP) is 5.32. The summed E-state index contributed by atoms with van der Waals surface area (Å²) in [5.41, 5.74) is 4.60. The second kappa shape index (κ2) is 5.61. The SMILES string of the molecule is Cc1cc(Cl)cc2c1OC(c1ccc(C(C)C)cc1)CN2. The quantitative estimate of drug-likeness (QED) is 0.811. The molecule has 3 rings (SSSR count). The number of hydrogen-bond donors (Lipinski definition) is 1. The molecule has 0 fully saturated rings. The number of aryl methyl sites for hydroxylation is 1. The van der Waals surface area contributed by atoms with Crippen molar-refractivity contribution in [2.45, 2.75) is 32.8 Å². The molecule has 2 aromatic carbocycles. The monoisotopic (exact) mass is 301 g/mol. The lowest BCUT2D eigenvalue weighted by Crippen LogP contribution is -2.24. The van der Waals surface area contributed by atoms with E-state index in [9.17, 15) is 0 Å². The van der Waals surface area contributed by atoms with Crippen molar-refractivity contribution in [3.05, 3.63) is 58.1 Å². The fourth-order valence-electron chi connectivity index (χ4n) is 2.69. The number of fused-ring (bicyclic) bond motifs is 1. The second-order valence-corrected chi connectivity index (χ2v) is 6.34. The molecule has 3 heteroatoms. The third kappa shape index (κ3) is 2.86. The molecule has 1 heterocycles. The van der Waals surface area contributed by atoms with E-state index in [2.05, 4.69) is 43.4 Å². The summed E-state index contributed by atoms with van der Waals surface area (Å²) in [6, 6.07) is 12.6. The van der Waals surface area contributed by atoms with E-state index in [4.69, 9.17) is 16.3 Å². The van der Waals surface area contributed by atoms with Crippen LogP contribution in [0.4, 0.5) is 5.69 Å². The standard InChI is InChI=1S/C18H20ClNO/c1-11(2)13-4-6-14(7-5-13)17-10-20-16-9-15(19)8-12(3)18(16)21-17/h4-9,11,17,20H,10H2,1-3H3. The summed E-state index contributed by atoms with van der Waals surface area (Å²) in [6.07, 6.45) is 0.0404. The molecule has 0 aromatic heterocycles. The van der Waals surface area contributed by atoms with Gasteiger partial charge in [0.1, 0.15) is 11.9 Å². The Kier molecular flexibility index (Phi) is 3.81. The van der Waals surface area contributed by atoms with E-state index in [0.717, 1.165) is 28.6 Å². The third-order valence-electron chi connectivity index (χ3n) is 3.95. The predicted molar refractivity (Wildman–Crippen MR) is 88.6 cm³/mol. The van der Waals surface area contributed by atoms with Gasteiger partial charge in [-0.25, -0.2) is 0 Å². The normalized spacial score (nSPS) is 17.1. The molecule has 1 atom stereocenters. The van der Waals surface area contributed by atoms with Crippen LogP contribution < -0.4 is 10.1 Å². The Morgan fingerprint density at radius 2 is 1.90 bits per heavy atom. The lowest BCUT2D eigenvalue weighted by molar-refractivity contribution is 0.209. The van der Waals surface area contributed by atoms with Crippen molar-refractivity contribution >= 4 is 17.3 Å². The molecule has 0 bridgehead atoms. The lowest BCUT2D eigenvalue weighted by Gasteiger charge is -2.29. The molecule has 0 aliphatic carbocycles. The zero-order valence-electron chi connectivity index (χ0n) is 12.6. The Labute approximate surface area is 131 Å². The van der Waals surface area contributed by atoms with Gasteiger partial charge in [0, 0.05) is 5.02 Å². The number of ether oxygens (including phenoxy) is 1. The van der Waals surface area contributed by atoms with Crippen LogP contribution in [-0.2, 0) is 0 Å². The van der Waals surface area contributed by atoms with Crippen molar-refractivity contribution in [2.75, 3.05) is 11.9 Å². The molecule has 0 saturated carbocycles. The van der Waals surface area contributed by atoms with Crippen LogP contribution in [0.3, 0.4) is 0 Å². The van der Waals surface area contributed by atoms with Crippen LogP contribution in [-0.4, -0.2) is 6.54 Å². The Bertz CT molecular complexity index is 649. The Balaban J connectivity index is 1.86. The highest BCUT2D eigenvalue weighted by atomic mass is 35.5. The molecule has 21 heavy (non-hydrogen) atoms. The molecule has 1 unspecified atom stereocenters. The van der Waals surface area contributed by atoms with E-state index in [1.165, 1.54) is 11.1 Å². The topological polar surface area (TPSA) is 21.3 Å². The number of rotatable bonds is 2. The Morgan fingerprint density at radius 3 is 2.57 bits per heavy atom. The van der Waals surface area contributed by atoms with Gasteiger partial charge in [0.15, 0.2) is 0 Å². The van der Waals surface area contributed by atoms with E-state index < -0.39 is 0 Å². The molecular formula is C18H20ClNO. The first-order valence-electron chi connectivity index (χ1n) is 7.35. The van der Waals surface area contributed by atoms with Gasteiger partial charge >= 0.3 is 0 Å². The minimum absolute atomic E-state index is 0.0404. The van der Waals surface area contributed by atoms with Gasteiger partial charge in [-0.05, 0) is 41.7 Å².